The predicted molar refractivity (Wildman–Crippen MR) is 99.2 cm³/mol. The van der Waals surface area contributed by atoms with E-state index in [9.17, 15) is 0 Å². The van der Waals surface area contributed by atoms with Crippen molar-refractivity contribution in [2.24, 2.45) is 5.10 Å². The Morgan fingerprint density at radius 2 is 1.82 bits per heavy atom. The van der Waals surface area contributed by atoms with E-state index in [1.807, 2.05) is 54.6 Å². The first-order chi connectivity index (χ1) is 10.7. The molecule has 2 aromatic rings. The van der Waals surface area contributed by atoms with Crippen LogP contribution in [0.2, 0.25) is 0 Å². The van der Waals surface area contributed by atoms with Gasteiger partial charge in [-0.05, 0) is 54.9 Å². The van der Waals surface area contributed by atoms with Gasteiger partial charge in [0.2, 0.25) is 0 Å². The summed E-state index contributed by atoms with van der Waals surface area (Å²) in [6.07, 6.45) is 5.51. The lowest BCUT2D eigenvalue weighted by atomic mass is 10.1. The standard InChI is InChI=1S/C18H19N3S/c1-14-8-6-12-17(15(14)2)20-18(22)21-19-13-7-11-16-9-4-3-5-10-16/h3-13H,1-2H3,(H2,20,21,22)/b11-7+,19-13+. The molecule has 0 bridgehead atoms. The number of thiocarbonyl (C=S) groups is 1. The van der Waals surface area contributed by atoms with Crippen molar-refractivity contribution in [2.45, 2.75) is 13.8 Å². The lowest BCUT2D eigenvalue weighted by molar-refractivity contribution is 1.05. The number of hydrogen-bond donors (Lipinski definition) is 2. The summed E-state index contributed by atoms with van der Waals surface area (Å²) in [7, 11) is 0. The number of hydrogen-bond acceptors (Lipinski definition) is 2. The molecule has 0 saturated carbocycles. The quantitative estimate of drug-likeness (QED) is 0.502. The monoisotopic (exact) mass is 309 g/mol. The largest absolute Gasteiger partial charge is 0.331 e. The number of rotatable bonds is 4. The topological polar surface area (TPSA) is 36.4 Å². The number of hydrazone groups is 1. The van der Waals surface area contributed by atoms with Crippen molar-refractivity contribution in [2.75, 3.05) is 5.32 Å². The molecule has 0 fully saturated rings. The molecule has 2 N–H and O–H groups in total. The van der Waals surface area contributed by atoms with Gasteiger partial charge in [0, 0.05) is 11.9 Å². The molecule has 3 nitrogen and oxygen atoms in total. The molecular weight excluding hydrogens is 290 g/mol. The number of benzene rings is 2. The number of allylic oxidation sites excluding steroid dienone is 1. The van der Waals surface area contributed by atoms with Gasteiger partial charge in [-0.3, -0.25) is 5.43 Å². The van der Waals surface area contributed by atoms with E-state index in [0.29, 0.717) is 5.11 Å². The Labute approximate surface area is 136 Å². The van der Waals surface area contributed by atoms with Crippen molar-refractivity contribution >= 4 is 35.3 Å². The Hall–Kier alpha value is -2.46. The van der Waals surface area contributed by atoms with Crippen molar-refractivity contribution < 1.29 is 0 Å². The van der Waals surface area contributed by atoms with Gasteiger partial charge in [0.25, 0.3) is 0 Å². The zero-order valence-corrected chi connectivity index (χ0v) is 13.5. The van der Waals surface area contributed by atoms with Gasteiger partial charge in [-0.2, -0.15) is 5.10 Å². The van der Waals surface area contributed by atoms with Crippen LogP contribution in [0.3, 0.4) is 0 Å². The molecule has 0 heterocycles. The van der Waals surface area contributed by atoms with Crippen molar-refractivity contribution in [3.63, 3.8) is 0 Å². The second-order valence-corrected chi connectivity index (χ2v) is 5.27. The first-order valence-electron chi connectivity index (χ1n) is 7.05. The Bertz CT molecular complexity index is 691. The summed E-state index contributed by atoms with van der Waals surface area (Å²) in [6, 6.07) is 16.1. The molecule has 0 aromatic heterocycles. The summed E-state index contributed by atoms with van der Waals surface area (Å²) in [6.45, 7) is 4.13. The lowest BCUT2D eigenvalue weighted by Crippen LogP contribution is -2.24. The molecule has 0 atom stereocenters. The lowest BCUT2D eigenvalue weighted by Gasteiger charge is -2.11. The van der Waals surface area contributed by atoms with Crippen molar-refractivity contribution in [3.05, 3.63) is 71.3 Å². The van der Waals surface area contributed by atoms with Crippen LogP contribution in [0.4, 0.5) is 5.69 Å². The van der Waals surface area contributed by atoms with Crippen LogP contribution in [-0.4, -0.2) is 11.3 Å². The third kappa shape index (κ3) is 4.82. The van der Waals surface area contributed by atoms with Crippen LogP contribution in [0.25, 0.3) is 6.08 Å². The molecular formula is C18H19N3S. The molecule has 4 heteroatoms. The maximum absolute atomic E-state index is 5.22. The summed E-state index contributed by atoms with van der Waals surface area (Å²) in [5.41, 5.74) is 7.33. The van der Waals surface area contributed by atoms with Crippen LogP contribution in [0, 0.1) is 13.8 Å². The van der Waals surface area contributed by atoms with Crippen molar-refractivity contribution in [3.8, 4) is 0 Å². The summed E-state index contributed by atoms with van der Waals surface area (Å²) in [5.74, 6) is 0. The Morgan fingerprint density at radius 3 is 2.59 bits per heavy atom. The van der Waals surface area contributed by atoms with Gasteiger partial charge >= 0.3 is 0 Å². The highest BCUT2D eigenvalue weighted by atomic mass is 32.1. The molecule has 0 aliphatic heterocycles. The Kier molecular flexibility index (Phi) is 5.86. The van der Waals surface area contributed by atoms with Gasteiger partial charge in [0.15, 0.2) is 5.11 Å². The van der Waals surface area contributed by atoms with E-state index in [1.165, 1.54) is 11.1 Å². The molecule has 0 spiro atoms. The Balaban J connectivity index is 1.84. The van der Waals surface area contributed by atoms with Gasteiger partial charge in [-0.25, -0.2) is 0 Å². The van der Waals surface area contributed by atoms with Crippen LogP contribution in [0.5, 0.6) is 0 Å². The van der Waals surface area contributed by atoms with E-state index in [1.54, 1.807) is 6.21 Å². The van der Waals surface area contributed by atoms with E-state index in [2.05, 4.69) is 35.8 Å². The molecule has 2 rings (SSSR count). The first-order valence-corrected chi connectivity index (χ1v) is 7.45. The van der Waals surface area contributed by atoms with E-state index in [4.69, 9.17) is 12.2 Å². The second-order valence-electron chi connectivity index (χ2n) is 4.86. The van der Waals surface area contributed by atoms with E-state index >= 15 is 0 Å². The third-order valence-corrected chi connectivity index (χ3v) is 3.46. The number of aryl methyl sites for hydroxylation is 1. The highest BCUT2D eigenvalue weighted by Gasteiger charge is 2.01. The van der Waals surface area contributed by atoms with Gasteiger partial charge in [0.05, 0.1) is 0 Å². The molecule has 0 aliphatic carbocycles. The highest BCUT2D eigenvalue weighted by molar-refractivity contribution is 7.80. The van der Waals surface area contributed by atoms with Crippen LogP contribution in [-0.2, 0) is 0 Å². The van der Waals surface area contributed by atoms with Gasteiger partial charge in [0.1, 0.15) is 0 Å². The molecule has 22 heavy (non-hydrogen) atoms. The zero-order chi connectivity index (χ0) is 15.8. The van der Waals surface area contributed by atoms with Crippen molar-refractivity contribution in [1.29, 1.82) is 0 Å². The molecule has 0 radical (unpaired) electrons. The highest BCUT2D eigenvalue weighted by Crippen LogP contribution is 2.17. The maximum atomic E-state index is 5.22. The normalized spacial score (nSPS) is 11.0. The minimum Gasteiger partial charge on any atom is -0.331 e. The molecule has 0 amide bonds. The predicted octanol–water partition coefficient (Wildman–Crippen LogP) is 4.29. The van der Waals surface area contributed by atoms with E-state index in [0.717, 1.165) is 11.3 Å². The van der Waals surface area contributed by atoms with Crippen LogP contribution in [0.1, 0.15) is 16.7 Å². The number of anilines is 1. The fourth-order valence-corrected chi connectivity index (χ4v) is 2.06. The summed E-state index contributed by atoms with van der Waals surface area (Å²) >= 11 is 5.22. The SMILES string of the molecule is Cc1cccc(NC(=S)N/N=C/C=C/c2ccccc2)c1C. The number of nitrogens with one attached hydrogen (secondary N) is 2. The molecule has 0 saturated heterocycles. The minimum absolute atomic E-state index is 0.470. The Morgan fingerprint density at radius 1 is 1.05 bits per heavy atom. The minimum atomic E-state index is 0.470. The molecule has 2 aromatic carbocycles. The molecule has 0 aliphatic rings. The van der Waals surface area contributed by atoms with Gasteiger partial charge in [-0.15, -0.1) is 0 Å². The third-order valence-electron chi connectivity index (χ3n) is 3.27. The van der Waals surface area contributed by atoms with Crippen LogP contribution >= 0.6 is 12.2 Å². The van der Waals surface area contributed by atoms with Crippen molar-refractivity contribution in [1.82, 2.24) is 5.43 Å². The van der Waals surface area contributed by atoms with Gasteiger partial charge in [-0.1, -0.05) is 48.5 Å². The van der Waals surface area contributed by atoms with Crippen LogP contribution < -0.4 is 10.7 Å². The van der Waals surface area contributed by atoms with Gasteiger partial charge < -0.3 is 5.32 Å². The average molecular weight is 309 g/mol. The van der Waals surface area contributed by atoms with E-state index in [-0.39, 0.29) is 0 Å². The summed E-state index contributed by atoms with van der Waals surface area (Å²) in [5, 5.41) is 7.68. The second kappa shape index (κ2) is 8.10. The number of nitrogens with zero attached hydrogens (tertiary/aromatic N) is 1. The smallest absolute Gasteiger partial charge is 0.191 e. The summed E-state index contributed by atoms with van der Waals surface area (Å²) in [4.78, 5) is 0. The first kappa shape index (κ1) is 15.9. The summed E-state index contributed by atoms with van der Waals surface area (Å²) < 4.78 is 0. The molecule has 0 unspecified atom stereocenters. The zero-order valence-electron chi connectivity index (χ0n) is 12.7. The van der Waals surface area contributed by atoms with E-state index < -0.39 is 0 Å². The fraction of sp³-hybridized carbons (Fsp3) is 0.111. The maximum Gasteiger partial charge on any atom is 0.191 e. The average Bonchev–Trinajstić information content (AvgIpc) is 2.52. The molecule has 112 valence electrons. The fourth-order valence-electron chi connectivity index (χ4n) is 1.89. The van der Waals surface area contributed by atoms with Crippen LogP contribution in [0.15, 0.2) is 59.7 Å².